The van der Waals surface area contributed by atoms with Gasteiger partial charge in [-0.25, -0.2) is 4.79 Å². The quantitative estimate of drug-likeness (QED) is 0.569. The number of alkyl carbamates (subject to hydrolysis) is 1. The van der Waals surface area contributed by atoms with Crippen molar-refractivity contribution in [2.45, 2.75) is 52.2 Å². The fraction of sp³-hybridized carbons (Fsp3) is 0.375. The largest absolute Gasteiger partial charge is 0.444 e. The van der Waals surface area contributed by atoms with E-state index in [-0.39, 0.29) is 24.8 Å². The Labute approximate surface area is 183 Å². The molecular formula is C24H31N3O4. The van der Waals surface area contributed by atoms with E-state index in [9.17, 15) is 14.4 Å². The van der Waals surface area contributed by atoms with Gasteiger partial charge in [0.05, 0.1) is 0 Å². The number of carbonyl (C=O) groups is 3. The molecule has 0 spiro atoms. The van der Waals surface area contributed by atoms with Crippen LogP contribution in [0.1, 0.15) is 44.7 Å². The molecule has 3 N–H and O–H groups in total. The van der Waals surface area contributed by atoms with E-state index in [0.717, 1.165) is 11.1 Å². The molecule has 166 valence electrons. The van der Waals surface area contributed by atoms with Gasteiger partial charge in [-0.05, 0) is 44.4 Å². The highest BCUT2D eigenvalue weighted by atomic mass is 16.6. The Morgan fingerprint density at radius 1 is 0.839 bits per heavy atom. The molecule has 0 aliphatic heterocycles. The van der Waals surface area contributed by atoms with Crippen LogP contribution in [0.25, 0.3) is 0 Å². The normalized spacial score (nSPS) is 10.8. The van der Waals surface area contributed by atoms with E-state index < -0.39 is 11.7 Å². The molecule has 0 bridgehead atoms. The summed E-state index contributed by atoms with van der Waals surface area (Å²) in [7, 11) is 0. The van der Waals surface area contributed by atoms with Crippen LogP contribution in [0.2, 0.25) is 0 Å². The summed E-state index contributed by atoms with van der Waals surface area (Å²) in [6, 6.07) is 17.1. The Kier molecular flexibility index (Phi) is 9.06. The number of amides is 3. The van der Waals surface area contributed by atoms with Gasteiger partial charge >= 0.3 is 6.09 Å². The number of para-hydroxylation sites is 1. The van der Waals surface area contributed by atoms with E-state index in [1.54, 1.807) is 26.8 Å². The molecule has 0 fully saturated rings. The van der Waals surface area contributed by atoms with Gasteiger partial charge in [0.25, 0.3) is 0 Å². The fourth-order valence-corrected chi connectivity index (χ4v) is 2.79. The molecule has 2 rings (SSSR count). The van der Waals surface area contributed by atoms with Crippen LogP contribution in [-0.2, 0) is 27.3 Å². The predicted molar refractivity (Wildman–Crippen MR) is 121 cm³/mol. The average Bonchev–Trinajstić information content (AvgIpc) is 2.71. The van der Waals surface area contributed by atoms with E-state index in [1.807, 2.05) is 48.5 Å². The summed E-state index contributed by atoms with van der Waals surface area (Å²) >= 11 is 0. The van der Waals surface area contributed by atoms with E-state index in [0.29, 0.717) is 25.1 Å². The molecule has 0 aliphatic rings. The molecule has 0 saturated heterocycles. The minimum absolute atomic E-state index is 0.0495. The Hall–Kier alpha value is -3.35. The Bertz CT molecular complexity index is 876. The second-order valence-corrected chi connectivity index (χ2v) is 8.15. The SMILES string of the molecule is CC(C)(C)OC(=O)NCCC(=O)Nc1ccccc1CNC(=O)CCc1ccccc1. The van der Waals surface area contributed by atoms with Crippen LogP contribution in [0.15, 0.2) is 54.6 Å². The number of ether oxygens (including phenoxy) is 1. The molecule has 31 heavy (non-hydrogen) atoms. The fourth-order valence-electron chi connectivity index (χ4n) is 2.79. The number of aryl methyl sites for hydroxylation is 1. The first-order chi connectivity index (χ1) is 14.7. The highest BCUT2D eigenvalue weighted by Gasteiger charge is 2.16. The standard InChI is InChI=1S/C24H31N3O4/c1-24(2,3)31-23(30)25-16-15-22(29)27-20-12-8-7-11-19(20)17-26-21(28)14-13-18-9-5-4-6-10-18/h4-12H,13-17H2,1-3H3,(H,25,30)(H,26,28)(H,27,29). The Morgan fingerprint density at radius 2 is 1.52 bits per heavy atom. The zero-order chi connectivity index (χ0) is 22.7. The predicted octanol–water partition coefficient (Wildman–Crippen LogP) is 3.79. The Morgan fingerprint density at radius 3 is 2.23 bits per heavy atom. The molecule has 0 saturated carbocycles. The van der Waals surface area contributed by atoms with Crippen molar-refractivity contribution in [3.63, 3.8) is 0 Å². The van der Waals surface area contributed by atoms with E-state index in [2.05, 4.69) is 16.0 Å². The van der Waals surface area contributed by atoms with Crippen LogP contribution >= 0.6 is 0 Å². The average molecular weight is 426 g/mol. The molecule has 0 unspecified atom stereocenters. The van der Waals surface area contributed by atoms with Gasteiger partial charge in [-0.1, -0.05) is 48.5 Å². The first-order valence-corrected chi connectivity index (χ1v) is 10.4. The van der Waals surface area contributed by atoms with E-state index in [4.69, 9.17) is 4.74 Å². The van der Waals surface area contributed by atoms with Gasteiger partial charge in [-0.15, -0.1) is 0 Å². The van der Waals surface area contributed by atoms with Crippen LogP contribution in [-0.4, -0.2) is 30.1 Å². The Balaban J connectivity index is 1.77. The molecule has 2 aromatic carbocycles. The van der Waals surface area contributed by atoms with Crippen LogP contribution < -0.4 is 16.0 Å². The third-order valence-electron chi connectivity index (χ3n) is 4.27. The number of benzene rings is 2. The summed E-state index contributed by atoms with van der Waals surface area (Å²) in [5.74, 6) is -0.287. The van der Waals surface area contributed by atoms with Crippen molar-refractivity contribution in [3.05, 3.63) is 65.7 Å². The highest BCUT2D eigenvalue weighted by molar-refractivity contribution is 5.92. The summed E-state index contributed by atoms with van der Waals surface area (Å²) in [5.41, 5.74) is 1.97. The third kappa shape index (κ3) is 9.80. The van der Waals surface area contributed by atoms with Crippen molar-refractivity contribution in [1.29, 1.82) is 0 Å². The molecule has 3 amide bonds. The molecule has 0 aromatic heterocycles. The lowest BCUT2D eigenvalue weighted by Gasteiger charge is -2.19. The van der Waals surface area contributed by atoms with Crippen LogP contribution in [0.4, 0.5) is 10.5 Å². The summed E-state index contributed by atoms with van der Waals surface area (Å²) in [6.07, 6.45) is 0.626. The maximum atomic E-state index is 12.2. The number of hydrogen-bond acceptors (Lipinski definition) is 4. The summed E-state index contributed by atoms with van der Waals surface area (Å²) < 4.78 is 5.14. The minimum Gasteiger partial charge on any atom is -0.444 e. The van der Waals surface area contributed by atoms with Crippen molar-refractivity contribution in [2.75, 3.05) is 11.9 Å². The van der Waals surface area contributed by atoms with E-state index >= 15 is 0 Å². The summed E-state index contributed by atoms with van der Waals surface area (Å²) in [4.78, 5) is 36.1. The zero-order valence-electron chi connectivity index (χ0n) is 18.4. The van der Waals surface area contributed by atoms with Gasteiger partial charge in [0, 0.05) is 31.6 Å². The molecule has 7 heteroatoms. The monoisotopic (exact) mass is 425 g/mol. The van der Waals surface area contributed by atoms with Crippen molar-refractivity contribution < 1.29 is 19.1 Å². The molecule has 7 nitrogen and oxygen atoms in total. The van der Waals surface area contributed by atoms with Gasteiger partial charge in [0.1, 0.15) is 5.60 Å². The van der Waals surface area contributed by atoms with Crippen molar-refractivity contribution in [2.24, 2.45) is 0 Å². The van der Waals surface area contributed by atoms with Crippen LogP contribution in [0.5, 0.6) is 0 Å². The zero-order valence-corrected chi connectivity index (χ0v) is 18.4. The van der Waals surface area contributed by atoms with Crippen LogP contribution in [0.3, 0.4) is 0 Å². The summed E-state index contributed by atoms with van der Waals surface area (Å²) in [5, 5.41) is 8.29. The topological polar surface area (TPSA) is 96.5 Å². The molecule has 0 heterocycles. The second-order valence-electron chi connectivity index (χ2n) is 8.15. The first kappa shape index (κ1) is 23.9. The minimum atomic E-state index is -0.586. The van der Waals surface area contributed by atoms with Gasteiger partial charge < -0.3 is 20.7 Å². The lowest BCUT2D eigenvalue weighted by Crippen LogP contribution is -2.34. The third-order valence-corrected chi connectivity index (χ3v) is 4.27. The number of rotatable bonds is 9. The van der Waals surface area contributed by atoms with E-state index in [1.165, 1.54) is 0 Å². The molecule has 0 atom stereocenters. The van der Waals surface area contributed by atoms with Crippen molar-refractivity contribution >= 4 is 23.6 Å². The number of hydrogen-bond donors (Lipinski definition) is 3. The molecule has 0 radical (unpaired) electrons. The van der Waals surface area contributed by atoms with Gasteiger partial charge in [-0.3, -0.25) is 9.59 Å². The number of anilines is 1. The van der Waals surface area contributed by atoms with Gasteiger partial charge in [-0.2, -0.15) is 0 Å². The van der Waals surface area contributed by atoms with Crippen molar-refractivity contribution in [1.82, 2.24) is 10.6 Å². The highest BCUT2D eigenvalue weighted by Crippen LogP contribution is 2.15. The molecule has 0 aliphatic carbocycles. The maximum absolute atomic E-state index is 12.2. The van der Waals surface area contributed by atoms with Gasteiger partial charge in [0.15, 0.2) is 0 Å². The number of nitrogens with one attached hydrogen (secondary N) is 3. The molecular weight excluding hydrogens is 394 g/mol. The lowest BCUT2D eigenvalue weighted by atomic mass is 10.1. The number of carbonyl (C=O) groups excluding carboxylic acids is 3. The van der Waals surface area contributed by atoms with Crippen LogP contribution in [0, 0.1) is 0 Å². The van der Waals surface area contributed by atoms with Crippen molar-refractivity contribution in [3.8, 4) is 0 Å². The first-order valence-electron chi connectivity index (χ1n) is 10.4. The lowest BCUT2D eigenvalue weighted by molar-refractivity contribution is -0.121. The maximum Gasteiger partial charge on any atom is 0.407 e. The smallest absolute Gasteiger partial charge is 0.407 e. The summed E-state index contributed by atoms with van der Waals surface area (Å²) in [6.45, 7) is 5.81. The molecule has 2 aromatic rings. The second kappa shape index (κ2) is 11.7. The van der Waals surface area contributed by atoms with Gasteiger partial charge in [0.2, 0.25) is 11.8 Å².